The van der Waals surface area contributed by atoms with E-state index in [1.165, 1.54) is 14.2 Å². The molecule has 2 aliphatic carbocycles. The van der Waals surface area contributed by atoms with E-state index in [0.29, 0.717) is 6.42 Å². The van der Waals surface area contributed by atoms with Crippen molar-refractivity contribution in [2.45, 2.75) is 52.2 Å². The molecular formula is C19H32O6. The molecule has 0 saturated heterocycles. The van der Waals surface area contributed by atoms with Gasteiger partial charge in [-0.3, -0.25) is 9.59 Å². The highest BCUT2D eigenvalue weighted by Crippen LogP contribution is 2.41. The van der Waals surface area contributed by atoms with Crippen LogP contribution in [0.15, 0.2) is 12.2 Å². The molecule has 2 N–H and O–H groups in total. The zero-order chi connectivity index (χ0) is 19.3. The third-order valence-electron chi connectivity index (χ3n) is 5.73. The number of carbonyl (C=O) groups is 2. The van der Waals surface area contributed by atoms with Gasteiger partial charge in [-0.25, -0.2) is 0 Å². The maximum Gasteiger partial charge on any atom is 0.309 e. The number of allylic oxidation sites excluding steroid dienone is 1. The van der Waals surface area contributed by atoms with Crippen LogP contribution < -0.4 is 0 Å². The normalized spacial score (nSPS) is 37.0. The van der Waals surface area contributed by atoms with Crippen molar-refractivity contribution < 1.29 is 29.3 Å². The van der Waals surface area contributed by atoms with Crippen LogP contribution in [0.2, 0.25) is 0 Å². The quantitative estimate of drug-likeness (QED) is 0.593. The predicted molar refractivity (Wildman–Crippen MR) is 93.5 cm³/mol. The van der Waals surface area contributed by atoms with Crippen LogP contribution in [0.25, 0.3) is 0 Å². The van der Waals surface area contributed by atoms with E-state index in [1.807, 2.05) is 20.8 Å². The highest BCUT2D eigenvalue weighted by atomic mass is 16.5. The molecule has 6 nitrogen and oxygen atoms in total. The molecule has 0 aliphatic heterocycles. The highest BCUT2D eigenvalue weighted by molar-refractivity contribution is 5.74. The average molecular weight is 356 g/mol. The van der Waals surface area contributed by atoms with E-state index in [9.17, 15) is 19.8 Å². The van der Waals surface area contributed by atoms with Crippen LogP contribution in [0.1, 0.15) is 40.0 Å². The Morgan fingerprint density at radius 1 is 0.920 bits per heavy atom. The standard InChI is InChI=1S/C11H18O3.C8H14O3/c1-6(2)8-5-9(12)7(3)10(8)11(13)14-4;1-5-6(8(10)11-2)3-4-7(5)9/h7-10,12H,1,5H2,2-4H3;5-7,9H,3-4H2,1-2H3/t7-,8+,9-,10+;5-,6+,7+/m10/s1. The van der Waals surface area contributed by atoms with Crippen molar-refractivity contribution in [3.05, 3.63) is 12.2 Å². The van der Waals surface area contributed by atoms with Crippen molar-refractivity contribution in [2.75, 3.05) is 14.2 Å². The van der Waals surface area contributed by atoms with Gasteiger partial charge in [0.25, 0.3) is 0 Å². The Bertz CT molecular complexity index is 488. The van der Waals surface area contributed by atoms with Crippen LogP contribution in [0, 0.1) is 29.6 Å². The fourth-order valence-electron chi connectivity index (χ4n) is 3.88. The van der Waals surface area contributed by atoms with E-state index in [4.69, 9.17) is 4.74 Å². The molecular weight excluding hydrogens is 324 g/mol. The van der Waals surface area contributed by atoms with Crippen molar-refractivity contribution in [1.29, 1.82) is 0 Å². The van der Waals surface area contributed by atoms with E-state index in [0.717, 1.165) is 18.4 Å². The molecule has 2 fully saturated rings. The number of aliphatic hydroxyl groups excluding tert-OH is 2. The molecule has 0 radical (unpaired) electrons. The van der Waals surface area contributed by atoms with Crippen molar-refractivity contribution in [1.82, 2.24) is 0 Å². The first-order valence-corrected chi connectivity index (χ1v) is 8.82. The number of methoxy groups -OCH3 is 2. The van der Waals surface area contributed by atoms with Gasteiger partial charge in [-0.15, -0.1) is 0 Å². The molecule has 0 amide bonds. The number of ether oxygens (including phenoxy) is 2. The number of aliphatic hydroxyl groups is 2. The minimum atomic E-state index is -0.416. The van der Waals surface area contributed by atoms with Gasteiger partial charge in [0, 0.05) is 0 Å². The summed E-state index contributed by atoms with van der Waals surface area (Å²) in [5.41, 5.74) is 0.948. The van der Waals surface area contributed by atoms with Gasteiger partial charge in [-0.1, -0.05) is 26.0 Å². The SMILES string of the molecule is C=C(C)[C@@H]1C[C@@H](O)[C@@H](C)[C@@H]1C(=O)OC.COC(=O)[C@@H]1CC[C@@H](O)[C@H]1C. The summed E-state index contributed by atoms with van der Waals surface area (Å²) >= 11 is 0. The maximum absolute atomic E-state index is 11.5. The minimum Gasteiger partial charge on any atom is -0.469 e. The van der Waals surface area contributed by atoms with Crippen molar-refractivity contribution in [2.24, 2.45) is 29.6 Å². The van der Waals surface area contributed by atoms with Gasteiger partial charge in [-0.05, 0) is 43.9 Å². The van der Waals surface area contributed by atoms with Crippen LogP contribution >= 0.6 is 0 Å². The summed E-state index contributed by atoms with van der Waals surface area (Å²) in [4.78, 5) is 22.5. The summed E-state index contributed by atoms with van der Waals surface area (Å²) in [7, 11) is 2.77. The van der Waals surface area contributed by atoms with Gasteiger partial charge in [0.2, 0.25) is 0 Å². The summed E-state index contributed by atoms with van der Waals surface area (Å²) in [6.07, 6.45) is 1.37. The second-order valence-electron chi connectivity index (χ2n) is 7.30. The smallest absolute Gasteiger partial charge is 0.309 e. The molecule has 2 rings (SSSR count). The third-order valence-corrected chi connectivity index (χ3v) is 5.73. The Labute approximate surface area is 150 Å². The monoisotopic (exact) mass is 356 g/mol. The predicted octanol–water partition coefficient (Wildman–Crippen LogP) is 1.93. The number of hydrogen-bond acceptors (Lipinski definition) is 6. The van der Waals surface area contributed by atoms with E-state index in [2.05, 4.69) is 11.3 Å². The number of carbonyl (C=O) groups excluding carboxylic acids is 2. The largest absolute Gasteiger partial charge is 0.469 e. The van der Waals surface area contributed by atoms with Crippen molar-refractivity contribution >= 4 is 11.9 Å². The lowest BCUT2D eigenvalue weighted by atomic mass is 9.86. The molecule has 0 aromatic carbocycles. The van der Waals surface area contributed by atoms with Crippen molar-refractivity contribution in [3.8, 4) is 0 Å². The lowest BCUT2D eigenvalue weighted by Crippen LogP contribution is -2.27. The van der Waals surface area contributed by atoms with Gasteiger partial charge in [0.1, 0.15) is 0 Å². The molecule has 0 spiro atoms. The summed E-state index contributed by atoms with van der Waals surface area (Å²) in [5, 5.41) is 19.0. The summed E-state index contributed by atoms with van der Waals surface area (Å²) in [6, 6.07) is 0. The fourth-order valence-corrected chi connectivity index (χ4v) is 3.88. The lowest BCUT2D eigenvalue weighted by molar-refractivity contribution is -0.148. The third kappa shape index (κ3) is 5.05. The Kier molecular flexibility index (Phi) is 8.09. The first-order valence-electron chi connectivity index (χ1n) is 8.82. The van der Waals surface area contributed by atoms with Crippen LogP contribution in [-0.2, 0) is 19.1 Å². The molecule has 0 bridgehead atoms. The molecule has 2 aliphatic rings. The maximum atomic E-state index is 11.5. The Morgan fingerprint density at radius 3 is 1.88 bits per heavy atom. The van der Waals surface area contributed by atoms with Crippen LogP contribution in [-0.4, -0.2) is 48.6 Å². The van der Waals surface area contributed by atoms with Gasteiger partial charge in [-0.2, -0.15) is 0 Å². The molecule has 0 aromatic heterocycles. The Morgan fingerprint density at radius 2 is 1.48 bits per heavy atom. The molecule has 6 heteroatoms. The summed E-state index contributed by atoms with van der Waals surface area (Å²) < 4.78 is 9.34. The number of rotatable bonds is 3. The highest BCUT2D eigenvalue weighted by Gasteiger charge is 2.44. The van der Waals surface area contributed by atoms with Crippen LogP contribution in [0.3, 0.4) is 0 Å². The molecule has 0 unspecified atom stereocenters. The summed E-state index contributed by atoms with van der Waals surface area (Å²) in [5.74, 6) is -0.655. The number of hydrogen-bond donors (Lipinski definition) is 2. The second-order valence-corrected chi connectivity index (χ2v) is 7.30. The van der Waals surface area contributed by atoms with Crippen LogP contribution in [0.5, 0.6) is 0 Å². The molecule has 25 heavy (non-hydrogen) atoms. The summed E-state index contributed by atoms with van der Waals surface area (Å²) in [6.45, 7) is 9.52. The van der Waals surface area contributed by atoms with Gasteiger partial charge in [0.15, 0.2) is 0 Å². The van der Waals surface area contributed by atoms with E-state index in [1.54, 1.807) is 0 Å². The molecule has 0 heterocycles. The topological polar surface area (TPSA) is 93.1 Å². The van der Waals surface area contributed by atoms with E-state index in [-0.39, 0.29) is 47.6 Å². The first kappa shape index (κ1) is 21.6. The fraction of sp³-hybridized carbons (Fsp3) is 0.789. The van der Waals surface area contributed by atoms with Crippen molar-refractivity contribution in [3.63, 3.8) is 0 Å². The van der Waals surface area contributed by atoms with E-state index < -0.39 is 6.10 Å². The number of esters is 2. The van der Waals surface area contributed by atoms with E-state index >= 15 is 0 Å². The molecule has 0 aromatic rings. The zero-order valence-corrected chi connectivity index (χ0v) is 15.9. The first-order chi connectivity index (χ1) is 11.6. The second kappa shape index (κ2) is 9.34. The average Bonchev–Trinajstić information content (AvgIpc) is 3.07. The minimum absolute atomic E-state index is 0.0378. The van der Waals surface area contributed by atoms with Gasteiger partial charge in [0.05, 0.1) is 38.3 Å². The molecule has 7 atom stereocenters. The molecule has 144 valence electrons. The van der Waals surface area contributed by atoms with Gasteiger partial charge >= 0.3 is 11.9 Å². The molecule has 2 saturated carbocycles. The van der Waals surface area contributed by atoms with Crippen LogP contribution in [0.4, 0.5) is 0 Å². The zero-order valence-electron chi connectivity index (χ0n) is 15.9. The van der Waals surface area contributed by atoms with Gasteiger partial charge < -0.3 is 19.7 Å². The Balaban J connectivity index is 0.000000257. The lowest BCUT2D eigenvalue weighted by Gasteiger charge is -2.20. The Hall–Kier alpha value is -1.40.